The van der Waals surface area contributed by atoms with E-state index in [-0.39, 0.29) is 34.2 Å². The summed E-state index contributed by atoms with van der Waals surface area (Å²) in [5.74, 6) is -2.49. The van der Waals surface area contributed by atoms with Crippen molar-refractivity contribution in [3.05, 3.63) is 105 Å². The maximum atomic E-state index is 13.6. The third-order valence-corrected chi connectivity index (χ3v) is 9.67. The van der Waals surface area contributed by atoms with Gasteiger partial charge in [-0.05, 0) is 24.3 Å². The van der Waals surface area contributed by atoms with Crippen molar-refractivity contribution in [1.82, 2.24) is 34.1 Å². The Hall–Kier alpha value is -5.91. The molecular weight excluding hydrogens is 765 g/mol. The summed E-state index contributed by atoms with van der Waals surface area (Å²) < 4.78 is 49.2. The van der Waals surface area contributed by atoms with Crippen molar-refractivity contribution >= 4 is 42.8 Å². The molecule has 0 spiro atoms. The van der Waals surface area contributed by atoms with Crippen LogP contribution in [-0.2, 0) is 32.6 Å². The molecule has 9 unspecified atom stereocenters. The number of imidazole rings is 1. The summed E-state index contributed by atoms with van der Waals surface area (Å²) in [6.07, 6.45) is -10.7. The number of phosphoric ester groups is 1. The van der Waals surface area contributed by atoms with Crippen LogP contribution in [0.3, 0.4) is 0 Å². The standard InChI is InChI=1S/C32H32N9O14P/c33-30-36-14-41(32(47)39-30)27-23(54-29(46)16-9-5-2-6-10-16)21(17(11-42)51-27)55-56(48,49)50-12-18-20(43)22(53-28(45)15-7-3-1-4-8-15)26(52-18)40-13-35-19-24(40)37-31(34)38-25(19)44/h1-10,13-14,17-18,20-23,26-27,42-43H,11-12H2,(H,48,49)(H2,33,39,47)(H3,34,37,38,44). The smallest absolute Gasteiger partial charge is 0.451 e. The van der Waals surface area contributed by atoms with Crippen LogP contribution in [0.2, 0.25) is 0 Å². The number of aromatic amines is 1. The number of fused-ring (bicyclic) bond motifs is 1. The van der Waals surface area contributed by atoms with E-state index in [4.69, 9.17) is 39.5 Å². The minimum absolute atomic E-state index is 0.0550. The molecule has 0 amide bonds. The van der Waals surface area contributed by atoms with Gasteiger partial charge in [0.15, 0.2) is 35.8 Å². The maximum Gasteiger partial charge on any atom is 0.472 e. The van der Waals surface area contributed by atoms with E-state index in [9.17, 15) is 38.8 Å². The molecule has 23 nitrogen and oxygen atoms in total. The van der Waals surface area contributed by atoms with E-state index in [1.54, 1.807) is 36.4 Å². The molecule has 2 fully saturated rings. The third kappa shape index (κ3) is 7.78. The molecule has 3 aromatic heterocycles. The van der Waals surface area contributed by atoms with E-state index in [2.05, 4.69) is 24.9 Å². The minimum Gasteiger partial charge on any atom is -0.451 e. The van der Waals surface area contributed by atoms with Crippen molar-refractivity contribution in [2.75, 3.05) is 24.7 Å². The molecular formula is C32H32N9O14P. The Morgan fingerprint density at radius 3 is 2.05 bits per heavy atom. The number of carbonyl (C=O) groups excluding carboxylic acids is 2. The number of phosphoric acid groups is 1. The highest BCUT2D eigenvalue weighted by molar-refractivity contribution is 7.47. The average molecular weight is 798 g/mol. The topological polar surface area (TPSA) is 331 Å². The van der Waals surface area contributed by atoms with Crippen molar-refractivity contribution in [3.63, 3.8) is 0 Å². The largest absolute Gasteiger partial charge is 0.472 e. The Kier molecular flexibility index (Phi) is 10.7. The zero-order chi connectivity index (χ0) is 39.7. The minimum atomic E-state index is -5.30. The summed E-state index contributed by atoms with van der Waals surface area (Å²) in [4.78, 5) is 80.3. The molecule has 2 saturated heterocycles. The Balaban J connectivity index is 1.14. The number of anilines is 2. The Labute approximate surface area is 313 Å². The van der Waals surface area contributed by atoms with Gasteiger partial charge in [0.2, 0.25) is 11.9 Å². The number of rotatable bonds is 12. The molecule has 24 heteroatoms. The second-order valence-electron chi connectivity index (χ2n) is 12.3. The lowest BCUT2D eigenvalue weighted by Crippen LogP contribution is -2.41. The monoisotopic (exact) mass is 797 g/mol. The predicted octanol–water partition coefficient (Wildman–Crippen LogP) is -0.963. The van der Waals surface area contributed by atoms with E-state index in [0.717, 1.165) is 17.2 Å². The van der Waals surface area contributed by atoms with Crippen LogP contribution in [0.15, 0.2) is 82.9 Å². The number of benzene rings is 2. The molecule has 2 aromatic carbocycles. The molecule has 2 aliphatic rings. The van der Waals surface area contributed by atoms with E-state index in [1.807, 2.05) is 0 Å². The van der Waals surface area contributed by atoms with Crippen LogP contribution in [0.5, 0.6) is 0 Å². The molecule has 0 bridgehead atoms. The molecule has 294 valence electrons. The number of H-pyrrole nitrogens is 1. The summed E-state index contributed by atoms with van der Waals surface area (Å²) in [7, 11) is -5.30. The van der Waals surface area contributed by atoms with Crippen molar-refractivity contribution in [2.24, 2.45) is 0 Å². The summed E-state index contributed by atoms with van der Waals surface area (Å²) in [6.45, 7) is -1.76. The molecule has 0 aliphatic carbocycles. The fraction of sp³-hybridized carbons (Fsp3) is 0.312. The molecule has 9 atom stereocenters. The van der Waals surface area contributed by atoms with Gasteiger partial charge in [-0.3, -0.25) is 28.0 Å². The molecule has 2 aliphatic heterocycles. The Morgan fingerprint density at radius 2 is 1.43 bits per heavy atom. The van der Waals surface area contributed by atoms with Crippen LogP contribution < -0.4 is 22.7 Å². The summed E-state index contributed by atoms with van der Waals surface area (Å²) in [5.41, 5.74) is 9.48. The first-order valence-electron chi connectivity index (χ1n) is 16.5. The number of aliphatic hydroxyl groups excluding tert-OH is 2. The lowest BCUT2D eigenvalue weighted by Gasteiger charge is -2.26. The van der Waals surface area contributed by atoms with Gasteiger partial charge in [-0.1, -0.05) is 36.4 Å². The number of ether oxygens (including phenoxy) is 4. The third-order valence-electron chi connectivity index (χ3n) is 8.68. The van der Waals surface area contributed by atoms with Gasteiger partial charge >= 0.3 is 25.5 Å². The number of nitrogens with one attached hydrogen (secondary N) is 1. The highest BCUT2D eigenvalue weighted by Gasteiger charge is 2.53. The highest BCUT2D eigenvalue weighted by Crippen LogP contribution is 2.50. The van der Waals surface area contributed by atoms with Crippen molar-refractivity contribution in [2.45, 2.75) is 49.1 Å². The number of esters is 2. The van der Waals surface area contributed by atoms with Gasteiger partial charge in [-0.2, -0.15) is 9.97 Å². The fourth-order valence-electron chi connectivity index (χ4n) is 6.08. The van der Waals surface area contributed by atoms with Gasteiger partial charge in [0.25, 0.3) is 5.56 Å². The van der Waals surface area contributed by atoms with Crippen LogP contribution >= 0.6 is 7.82 Å². The number of nitrogens with zero attached hydrogens (tertiary/aromatic N) is 6. The highest BCUT2D eigenvalue weighted by atomic mass is 31.2. The fourth-order valence-corrected chi connectivity index (χ4v) is 7.04. The molecule has 0 radical (unpaired) electrons. The van der Waals surface area contributed by atoms with Gasteiger partial charge in [-0.25, -0.2) is 28.9 Å². The Bertz CT molecular complexity index is 2400. The molecule has 56 heavy (non-hydrogen) atoms. The van der Waals surface area contributed by atoms with Crippen LogP contribution in [-0.4, -0.2) is 111 Å². The molecule has 7 rings (SSSR count). The van der Waals surface area contributed by atoms with Crippen LogP contribution in [0, 0.1) is 0 Å². The quantitative estimate of drug-likeness (QED) is 0.0654. The van der Waals surface area contributed by atoms with E-state index in [0.29, 0.717) is 0 Å². The first-order valence-corrected chi connectivity index (χ1v) is 18.0. The van der Waals surface area contributed by atoms with Gasteiger partial charge in [0.1, 0.15) is 30.7 Å². The normalized spacial score (nSPS) is 25.8. The van der Waals surface area contributed by atoms with Gasteiger partial charge in [0.05, 0.1) is 30.7 Å². The first-order chi connectivity index (χ1) is 26.8. The molecule has 0 saturated carbocycles. The van der Waals surface area contributed by atoms with Crippen LogP contribution in [0.25, 0.3) is 11.2 Å². The van der Waals surface area contributed by atoms with E-state index >= 15 is 0 Å². The second-order valence-corrected chi connectivity index (χ2v) is 13.7. The maximum absolute atomic E-state index is 13.6. The SMILES string of the molecule is Nc1ncn(C2OC(CO)C(OP(=O)(O)OCC3OC(n4cnc5c(=O)[nH]c(N)nc54)C(OC(=O)c4ccccc4)C3O)C2OC(=O)c2ccccc2)c(=O)n1. The van der Waals surface area contributed by atoms with Crippen LogP contribution in [0.1, 0.15) is 33.2 Å². The number of aliphatic hydroxyl groups is 2. The average Bonchev–Trinajstić information content (AvgIpc) is 3.84. The number of hydrogen-bond acceptors (Lipinski definition) is 19. The van der Waals surface area contributed by atoms with Gasteiger partial charge < -0.3 is 45.5 Å². The number of hydrogen-bond donors (Lipinski definition) is 6. The summed E-state index contributed by atoms with van der Waals surface area (Å²) in [6, 6.07) is 15.4. The van der Waals surface area contributed by atoms with E-state index in [1.165, 1.54) is 28.8 Å². The number of aromatic nitrogens is 7. The predicted molar refractivity (Wildman–Crippen MR) is 186 cm³/mol. The van der Waals surface area contributed by atoms with Crippen molar-refractivity contribution in [1.29, 1.82) is 0 Å². The van der Waals surface area contributed by atoms with Crippen LogP contribution in [0.4, 0.5) is 11.9 Å². The zero-order valence-electron chi connectivity index (χ0n) is 28.6. The Morgan fingerprint density at radius 1 is 0.839 bits per heavy atom. The van der Waals surface area contributed by atoms with E-state index < -0.39 is 93.3 Å². The lowest BCUT2D eigenvalue weighted by atomic mass is 10.1. The van der Waals surface area contributed by atoms with Gasteiger partial charge in [-0.15, -0.1) is 0 Å². The molecule has 8 N–H and O–H groups in total. The molecule has 5 heterocycles. The first kappa shape index (κ1) is 38.4. The number of nitrogens with two attached hydrogens (primary N) is 2. The second kappa shape index (κ2) is 15.7. The summed E-state index contributed by atoms with van der Waals surface area (Å²) >= 11 is 0. The zero-order valence-corrected chi connectivity index (χ0v) is 29.5. The van der Waals surface area contributed by atoms with Crippen molar-refractivity contribution in [3.8, 4) is 0 Å². The van der Waals surface area contributed by atoms with Crippen molar-refractivity contribution < 1.29 is 57.3 Å². The summed E-state index contributed by atoms with van der Waals surface area (Å²) in [5, 5.41) is 21.6. The number of nitrogen functional groups attached to an aromatic ring is 2. The van der Waals surface area contributed by atoms with Gasteiger partial charge in [0, 0.05) is 0 Å². The lowest BCUT2D eigenvalue weighted by molar-refractivity contribution is -0.0617. The molecule has 5 aromatic rings. The number of carbonyl (C=O) groups is 2.